The quantitative estimate of drug-likeness (QED) is 0.118. The Morgan fingerprint density at radius 3 is 1.20 bits per heavy atom. The molecule has 0 N–H and O–H groups in total. The van der Waals surface area contributed by atoms with Crippen LogP contribution < -0.4 is 9.47 Å². The lowest BCUT2D eigenvalue weighted by molar-refractivity contribution is -0.00468. The van der Waals surface area contributed by atoms with Gasteiger partial charge in [0.25, 0.3) is 0 Å². The van der Waals surface area contributed by atoms with Crippen LogP contribution in [0.3, 0.4) is 0 Å². The number of benzene rings is 2. The first-order chi connectivity index (χ1) is 19.8. The van der Waals surface area contributed by atoms with Crippen LogP contribution in [-0.4, -0.2) is 25.4 Å². The summed E-state index contributed by atoms with van der Waals surface area (Å²) >= 11 is 0. The van der Waals surface area contributed by atoms with E-state index < -0.39 is 0 Å². The Labute approximate surface area is 253 Å². The maximum absolute atomic E-state index is 6.21. The Morgan fingerprint density at radius 1 is 0.439 bits per heavy atom. The lowest BCUT2D eigenvalue weighted by Gasteiger charge is -2.19. The summed E-state index contributed by atoms with van der Waals surface area (Å²) in [6, 6.07) is 17.4. The van der Waals surface area contributed by atoms with Crippen molar-refractivity contribution in [2.75, 3.05) is 13.2 Å². The molecule has 3 nitrogen and oxygen atoms in total. The topological polar surface area (TPSA) is 27.7 Å². The second-order valence-electron chi connectivity index (χ2n) is 13.0. The predicted octanol–water partition coefficient (Wildman–Crippen LogP) is 11.0. The third-order valence-electron chi connectivity index (χ3n) is 7.85. The molecule has 2 atom stereocenters. The van der Waals surface area contributed by atoms with Gasteiger partial charge in [0.05, 0.1) is 25.4 Å². The highest BCUT2D eigenvalue weighted by atomic mass is 16.5. The molecule has 2 aromatic carbocycles. The minimum Gasteiger partial charge on any atom is -0.494 e. The fourth-order valence-corrected chi connectivity index (χ4v) is 5.28. The molecule has 2 unspecified atom stereocenters. The molecule has 0 saturated heterocycles. The molecule has 0 amide bonds. The largest absolute Gasteiger partial charge is 0.494 e. The van der Waals surface area contributed by atoms with Crippen LogP contribution in [0.4, 0.5) is 0 Å². The van der Waals surface area contributed by atoms with Crippen molar-refractivity contribution in [3.8, 4) is 11.5 Å². The highest BCUT2D eigenvalue weighted by molar-refractivity contribution is 5.28. The molecule has 0 aliphatic rings. The van der Waals surface area contributed by atoms with Crippen molar-refractivity contribution in [1.29, 1.82) is 0 Å². The highest BCUT2D eigenvalue weighted by Gasteiger charge is 2.09. The first-order valence-corrected chi connectivity index (χ1v) is 16.9. The Kier molecular flexibility index (Phi) is 18.6. The van der Waals surface area contributed by atoms with Gasteiger partial charge in [-0.05, 0) is 112 Å². The van der Waals surface area contributed by atoms with E-state index in [0.717, 1.165) is 62.2 Å². The van der Waals surface area contributed by atoms with Gasteiger partial charge in [-0.15, -0.1) is 0 Å². The normalized spacial score (nSPS) is 13.1. The van der Waals surface area contributed by atoms with Gasteiger partial charge in [-0.3, -0.25) is 0 Å². The molecule has 0 fully saturated rings. The number of ether oxygens (including phenoxy) is 3. The second-order valence-corrected chi connectivity index (χ2v) is 13.0. The van der Waals surface area contributed by atoms with Gasteiger partial charge in [0.15, 0.2) is 0 Å². The third kappa shape index (κ3) is 18.2. The van der Waals surface area contributed by atoms with E-state index in [2.05, 4.69) is 90.1 Å². The van der Waals surface area contributed by atoms with Crippen LogP contribution >= 0.6 is 0 Å². The van der Waals surface area contributed by atoms with Gasteiger partial charge in [0, 0.05) is 0 Å². The molecule has 0 radical (unpaired) electrons. The summed E-state index contributed by atoms with van der Waals surface area (Å²) in [6.45, 7) is 15.1. The fraction of sp³-hybridized carbons (Fsp3) is 0.684. The van der Waals surface area contributed by atoms with Crippen molar-refractivity contribution in [2.24, 2.45) is 11.8 Å². The standard InChI is InChI=1S/C38H62O3/c1-31(2)15-9-7-11-19-35-21-25-37(26-22-35)39-29-13-17-33(5)41-34(6)18-14-30-40-38-27-23-36(24-28-38)20-12-8-10-16-32(3)4/h21-28,31-34H,7-20,29-30H2,1-6H3. The van der Waals surface area contributed by atoms with Crippen LogP contribution in [0.15, 0.2) is 48.5 Å². The van der Waals surface area contributed by atoms with E-state index in [0.29, 0.717) is 0 Å². The average Bonchev–Trinajstić information content (AvgIpc) is 2.94. The molecule has 41 heavy (non-hydrogen) atoms. The van der Waals surface area contributed by atoms with E-state index in [-0.39, 0.29) is 12.2 Å². The van der Waals surface area contributed by atoms with Crippen LogP contribution in [0.2, 0.25) is 0 Å². The van der Waals surface area contributed by atoms with E-state index >= 15 is 0 Å². The van der Waals surface area contributed by atoms with Gasteiger partial charge >= 0.3 is 0 Å². The summed E-state index contributed by atoms with van der Waals surface area (Å²) in [5.74, 6) is 3.59. The molecule has 2 aromatic rings. The molecule has 2 rings (SSSR count). The lowest BCUT2D eigenvalue weighted by Crippen LogP contribution is -2.18. The lowest BCUT2D eigenvalue weighted by atomic mass is 10.0. The smallest absolute Gasteiger partial charge is 0.119 e. The molecule has 0 bridgehead atoms. The van der Waals surface area contributed by atoms with E-state index in [1.54, 1.807) is 0 Å². The van der Waals surface area contributed by atoms with Crippen molar-refractivity contribution in [1.82, 2.24) is 0 Å². The number of unbranched alkanes of at least 4 members (excludes halogenated alkanes) is 4. The van der Waals surface area contributed by atoms with E-state index in [9.17, 15) is 0 Å². The maximum atomic E-state index is 6.21. The van der Waals surface area contributed by atoms with E-state index in [1.165, 1.54) is 75.3 Å². The van der Waals surface area contributed by atoms with Crippen molar-refractivity contribution in [3.05, 3.63) is 59.7 Å². The molecule has 0 aromatic heterocycles. The minimum absolute atomic E-state index is 0.241. The molecule has 0 aliphatic heterocycles. The van der Waals surface area contributed by atoms with Crippen molar-refractivity contribution in [3.63, 3.8) is 0 Å². The van der Waals surface area contributed by atoms with Crippen LogP contribution in [-0.2, 0) is 17.6 Å². The van der Waals surface area contributed by atoms with Gasteiger partial charge in [-0.1, -0.05) is 90.5 Å². The number of aryl methyl sites for hydroxylation is 2. The van der Waals surface area contributed by atoms with Crippen LogP contribution in [0.25, 0.3) is 0 Å². The van der Waals surface area contributed by atoms with Crippen molar-refractivity contribution in [2.45, 2.75) is 144 Å². The SMILES string of the molecule is CC(C)CCCCCc1ccc(OCCCC(C)OC(C)CCCOc2ccc(CCCCCC(C)C)cc2)cc1. The summed E-state index contributed by atoms with van der Waals surface area (Å²) in [5.41, 5.74) is 2.83. The zero-order chi connectivity index (χ0) is 29.7. The van der Waals surface area contributed by atoms with E-state index in [4.69, 9.17) is 14.2 Å². The molecular weight excluding hydrogens is 504 g/mol. The summed E-state index contributed by atoms with van der Waals surface area (Å²) in [6.07, 6.45) is 17.5. The van der Waals surface area contributed by atoms with Gasteiger partial charge in [-0.2, -0.15) is 0 Å². The maximum Gasteiger partial charge on any atom is 0.119 e. The van der Waals surface area contributed by atoms with Crippen LogP contribution in [0.5, 0.6) is 11.5 Å². The summed E-state index contributed by atoms with van der Waals surface area (Å²) in [5, 5.41) is 0. The Morgan fingerprint density at radius 2 is 0.829 bits per heavy atom. The van der Waals surface area contributed by atoms with Gasteiger partial charge in [-0.25, -0.2) is 0 Å². The first-order valence-electron chi connectivity index (χ1n) is 16.9. The number of hydrogen-bond donors (Lipinski definition) is 0. The molecular formula is C38H62O3. The van der Waals surface area contributed by atoms with Crippen LogP contribution in [0.1, 0.15) is 130 Å². The first kappa shape index (κ1) is 35.2. The number of hydrogen-bond acceptors (Lipinski definition) is 3. The molecule has 0 aliphatic carbocycles. The Hall–Kier alpha value is -2.00. The van der Waals surface area contributed by atoms with Crippen LogP contribution in [0, 0.1) is 11.8 Å². The summed E-state index contributed by atoms with van der Waals surface area (Å²) in [4.78, 5) is 0. The fourth-order valence-electron chi connectivity index (χ4n) is 5.28. The molecule has 0 spiro atoms. The summed E-state index contributed by atoms with van der Waals surface area (Å²) < 4.78 is 18.2. The summed E-state index contributed by atoms with van der Waals surface area (Å²) in [7, 11) is 0. The van der Waals surface area contributed by atoms with Crippen molar-refractivity contribution >= 4 is 0 Å². The second kappa shape index (κ2) is 21.7. The van der Waals surface area contributed by atoms with Gasteiger partial charge in [0.2, 0.25) is 0 Å². The molecule has 232 valence electrons. The molecule has 0 heterocycles. The van der Waals surface area contributed by atoms with E-state index in [1.807, 2.05) is 0 Å². The molecule has 3 heteroatoms. The minimum atomic E-state index is 0.241. The van der Waals surface area contributed by atoms with Crippen molar-refractivity contribution < 1.29 is 14.2 Å². The Bertz CT molecular complexity index is 798. The average molecular weight is 567 g/mol. The van der Waals surface area contributed by atoms with Gasteiger partial charge < -0.3 is 14.2 Å². The van der Waals surface area contributed by atoms with Gasteiger partial charge in [0.1, 0.15) is 11.5 Å². The highest BCUT2D eigenvalue weighted by Crippen LogP contribution is 2.18. The zero-order valence-electron chi connectivity index (χ0n) is 27.5. The zero-order valence-corrected chi connectivity index (χ0v) is 27.5. The Balaban J connectivity index is 1.48. The monoisotopic (exact) mass is 566 g/mol. The third-order valence-corrected chi connectivity index (χ3v) is 7.85. The molecule has 0 saturated carbocycles. The predicted molar refractivity (Wildman–Crippen MR) is 176 cm³/mol. The number of rotatable bonds is 24.